The Morgan fingerprint density at radius 1 is 1.00 bits per heavy atom. The molecular weight excluding hydrogens is 248 g/mol. The molecule has 0 aromatic carbocycles. The number of nitrogens with one attached hydrogen (secondary N) is 2. The quantitative estimate of drug-likeness (QED) is 0.671. The van der Waals surface area contributed by atoms with Gasteiger partial charge in [0.1, 0.15) is 0 Å². The van der Waals surface area contributed by atoms with Gasteiger partial charge in [-0.2, -0.15) is 0 Å². The summed E-state index contributed by atoms with van der Waals surface area (Å²) < 4.78 is 5.11. The fourth-order valence-electron chi connectivity index (χ4n) is 3.97. The minimum absolute atomic E-state index is 0.766. The predicted molar refractivity (Wildman–Crippen MR) is 85.1 cm³/mol. The number of rotatable bonds is 8. The van der Waals surface area contributed by atoms with E-state index in [1.165, 1.54) is 77.3 Å². The van der Waals surface area contributed by atoms with E-state index >= 15 is 0 Å². The summed E-state index contributed by atoms with van der Waals surface area (Å²) in [5.74, 6) is 0.878. The lowest BCUT2D eigenvalue weighted by Crippen LogP contribution is -2.50. The van der Waals surface area contributed by atoms with E-state index in [2.05, 4.69) is 10.6 Å². The third-order valence-corrected chi connectivity index (χ3v) is 5.12. The lowest BCUT2D eigenvalue weighted by Gasteiger charge is -2.40. The highest BCUT2D eigenvalue weighted by molar-refractivity contribution is 4.90. The largest absolute Gasteiger partial charge is 0.385 e. The third kappa shape index (κ3) is 5.34. The molecule has 3 unspecified atom stereocenters. The van der Waals surface area contributed by atoms with Crippen LogP contribution < -0.4 is 10.6 Å². The average molecular weight is 282 g/mol. The van der Waals surface area contributed by atoms with Crippen LogP contribution in [0.4, 0.5) is 0 Å². The first-order valence-corrected chi connectivity index (χ1v) is 8.87. The first-order valence-electron chi connectivity index (χ1n) is 8.87. The van der Waals surface area contributed by atoms with Crippen molar-refractivity contribution in [1.29, 1.82) is 0 Å². The second-order valence-corrected chi connectivity index (χ2v) is 6.62. The van der Waals surface area contributed by atoms with E-state index in [9.17, 15) is 0 Å². The van der Waals surface area contributed by atoms with Crippen LogP contribution in [0, 0.1) is 5.92 Å². The van der Waals surface area contributed by atoms with Gasteiger partial charge in [-0.05, 0) is 64.0 Å². The molecule has 1 saturated carbocycles. The fraction of sp³-hybridized carbons (Fsp3) is 1.00. The first kappa shape index (κ1) is 16.3. The van der Waals surface area contributed by atoms with Gasteiger partial charge in [-0.15, -0.1) is 0 Å². The molecule has 0 spiro atoms. The first-order chi connectivity index (χ1) is 9.92. The summed E-state index contributed by atoms with van der Waals surface area (Å²) in [5, 5.41) is 7.65. The van der Waals surface area contributed by atoms with Crippen molar-refractivity contribution in [3.8, 4) is 0 Å². The van der Waals surface area contributed by atoms with Crippen LogP contribution in [0.3, 0.4) is 0 Å². The normalized spacial score (nSPS) is 31.4. The summed E-state index contributed by atoms with van der Waals surface area (Å²) in [4.78, 5) is 0. The van der Waals surface area contributed by atoms with E-state index < -0.39 is 0 Å². The summed E-state index contributed by atoms with van der Waals surface area (Å²) >= 11 is 0. The molecule has 2 aliphatic rings. The van der Waals surface area contributed by atoms with Gasteiger partial charge in [-0.1, -0.05) is 19.3 Å². The maximum absolute atomic E-state index is 5.11. The van der Waals surface area contributed by atoms with Crippen LogP contribution in [0.1, 0.15) is 64.2 Å². The number of ether oxygens (including phenoxy) is 1. The van der Waals surface area contributed by atoms with E-state index in [4.69, 9.17) is 4.74 Å². The van der Waals surface area contributed by atoms with Crippen molar-refractivity contribution in [1.82, 2.24) is 10.6 Å². The van der Waals surface area contributed by atoms with Crippen molar-refractivity contribution >= 4 is 0 Å². The minimum atomic E-state index is 0.766. The molecule has 0 amide bonds. The summed E-state index contributed by atoms with van der Waals surface area (Å²) in [6, 6.07) is 1.55. The molecule has 1 aliphatic carbocycles. The number of piperidine rings is 1. The molecule has 20 heavy (non-hydrogen) atoms. The Balaban J connectivity index is 1.67. The highest BCUT2D eigenvalue weighted by Gasteiger charge is 2.31. The van der Waals surface area contributed by atoms with Gasteiger partial charge in [0.15, 0.2) is 0 Å². The zero-order chi connectivity index (χ0) is 14.0. The summed E-state index contributed by atoms with van der Waals surface area (Å²) in [6.07, 6.45) is 13.7. The lowest BCUT2D eigenvalue weighted by molar-refractivity contribution is 0.179. The molecule has 0 aromatic heterocycles. The van der Waals surface area contributed by atoms with Gasteiger partial charge in [0.05, 0.1) is 0 Å². The average Bonchev–Trinajstić information content (AvgIpc) is 2.52. The number of unbranched alkanes of at least 4 members (excludes halogenated alkanes) is 2. The Bertz CT molecular complexity index is 241. The van der Waals surface area contributed by atoms with Gasteiger partial charge < -0.3 is 15.4 Å². The summed E-state index contributed by atoms with van der Waals surface area (Å²) in [5.41, 5.74) is 0. The maximum Gasteiger partial charge on any atom is 0.0462 e. The van der Waals surface area contributed by atoms with Crippen LogP contribution in [0.25, 0.3) is 0 Å². The van der Waals surface area contributed by atoms with Crippen LogP contribution in [0.2, 0.25) is 0 Å². The smallest absolute Gasteiger partial charge is 0.0462 e. The monoisotopic (exact) mass is 282 g/mol. The van der Waals surface area contributed by atoms with Gasteiger partial charge >= 0.3 is 0 Å². The molecule has 3 nitrogen and oxygen atoms in total. The van der Waals surface area contributed by atoms with Gasteiger partial charge in [-0.3, -0.25) is 0 Å². The lowest BCUT2D eigenvalue weighted by atomic mass is 9.77. The van der Waals surface area contributed by atoms with E-state index in [-0.39, 0.29) is 0 Å². The van der Waals surface area contributed by atoms with Crippen molar-refractivity contribution in [2.24, 2.45) is 5.92 Å². The number of hydrogen-bond acceptors (Lipinski definition) is 3. The maximum atomic E-state index is 5.11. The van der Waals surface area contributed by atoms with Gasteiger partial charge in [0.2, 0.25) is 0 Å². The number of hydrogen-bond donors (Lipinski definition) is 2. The molecule has 0 radical (unpaired) electrons. The van der Waals surface area contributed by atoms with Crippen LogP contribution in [-0.4, -0.2) is 38.9 Å². The van der Waals surface area contributed by atoms with E-state index in [1.807, 2.05) is 0 Å². The minimum Gasteiger partial charge on any atom is -0.385 e. The second-order valence-electron chi connectivity index (χ2n) is 6.62. The standard InChI is InChI=1S/C17H34N2O/c1-20-14-8-2-6-12-18-16-10-4-3-9-15(16)17-11-5-7-13-19-17/h15-19H,2-14H2,1H3. The molecule has 3 heteroatoms. The molecule has 2 N–H and O–H groups in total. The summed E-state index contributed by atoms with van der Waals surface area (Å²) in [7, 11) is 1.79. The van der Waals surface area contributed by atoms with Crippen LogP contribution >= 0.6 is 0 Å². The van der Waals surface area contributed by atoms with Gasteiger partial charge in [0, 0.05) is 25.8 Å². The Morgan fingerprint density at radius 3 is 2.65 bits per heavy atom. The number of methoxy groups -OCH3 is 1. The second kappa shape index (κ2) is 9.75. The Morgan fingerprint density at radius 2 is 1.85 bits per heavy atom. The zero-order valence-electron chi connectivity index (χ0n) is 13.3. The van der Waals surface area contributed by atoms with E-state index in [0.717, 1.165) is 24.6 Å². The molecule has 2 rings (SSSR count). The van der Waals surface area contributed by atoms with Gasteiger partial charge in [-0.25, -0.2) is 0 Å². The molecule has 1 heterocycles. The van der Waals surface area contributed by atoms with E-state index in [1.54, 1.807) is 7.11 Å². The summed E-state index contributed by atoms with van der Waals surface area (Å²) in [6.45, 7) is 3.35. The molecule has 0 bridgehead atoms. The van der Waals surface area contributed by atoms with Crippen molar-refractivity contribution in [3.05, 3.63) is 0 Å². The molecule has 3 atom stereocenters. The van der Waals surface area contributed by atoms with Crippen molar-refractivity contribution in [2.75, 3.05) is 26.8 Å². The topological polar surface area (TPSA) is 33.3 Å². The van der Waals surface area contributed by atoms with Crippen LogP contribution in [0.15, 0.2) is 0 Å². The van der Waals surface area contributed by atoms with Crippen LogP contribution in [0.5, 0.6) is 0 Å². The molecule has 1 saturated heterocycles. The van der Waals surface area contributed by atoms with Crippen molar-refractivity contribution < 1.29 is 4.74 Å². The Labute approximate surface area is 125 Å². The predicted octanol–water partition coefficient (Wildman–Crippen LogP) is 3.09. The van der Waals surface area contributed by atoms with Crippen LogP contribution in [-0.2, 0) is 4.74 Å². The molecular formula is C17H34N2O. The molecule has 0 aromatic rings. The Kier molecular flexibility index (Phi) is 7.92. The van der Waals surface area contributed by atoms with Crippen molar-refractivity contribution in [3.63, 3.8) is 0 Å². The molecule has 1 aliphatic heterocycles. The third-order valence-electron chi connectivity index (χ3n) is 5.12. The zero-order valence-corrected chi connectivity index (χ0v) is 13.3. The SMILES string of the molecule is COCCCCCNC1CCCCC1C1CCCCN1. The Hall–Kier alpha value is -0.120. The highest BCUT2D eigenvalue weighted by Crippen LogP contribution is 2.30. The van der Waals surface area contributed by atoms with Gasteiger partial charge in [0.25, 0.3) is 0 Å². The molecule has 2 fully saturated rings. The van der Waals surface area contributed by atoms with Crippen molar-refractivity contribution in [2.45, 2.75) is 76.3 Å². The van der Waals surface area contributed by atoms with E-state index in [0.29, 0.717) is 0 Å². The highest BCUT2D eigenvalue weighted by atomic mass is 16.5. The molecule has 118 valence electrons. The fourth-order valence-corrected chi connectivity index (χ4v) is 3.97.